The predicted molar refractivity (Wildman–Crippen MR) is 66.3 cm³/mol. The van der Waals surface area contributed by atoms with Crippen LogP contribution in [-0.4, -0.2) is 4.92 Å². The lowest BCUT2D eigenvalue weighted by Crippen LogP contribution is -2.05. The van der Waals surface area contributed by atoms with Crippen LogP contribution < -0.4 is 0 Å². The second-order valence-electron chi connectivity index (χ2n) is 3.65. The topological polar surface area (TPSA) is 43.1 Å². The molecule has 0 spiro atoms. The van der Waals surface area contributed by atoms with Crippen molar-refractivity contribution in [1.82, 2.24) is 0 Å². The molecule has 0 N–H and O–H groups in total. The van der Waals surface area contributed by atoms with E-state index in [1.807, 2.05) is 0 Å². The number of rotatable bonds is 3. The summed E-state index contributed by atoms with van der Waals surface area (Å²) in [7, 11) is 0. The van der Waals surface area contributed by atoms with Gasteiger partial charge in [0.05, 0.1) is 4.92 Å². The quantitative estimate of drug-likeness (QED) is 0.601. The molecule has 0 saturated heterocycles. The molecule has 0 bridgehead atoms. The second-order valence-corrected chi connectivity index (χ2v) is 4.49. The van der Waals surface area contributed by atoms with E-state index in [9.17, 15) is 10.1 Å². The van der Waals surface area contributed by atoms with E-state index < -0.39 is 4.92 Å². The van der Waals surface area contributed by atoms with Crippen LogP contribution in [0.5, 0.6) is 0 Å². The Balaban J connectivity index is 3.18. The first kappa shape index (κ1) is 13.0. The van der Waals surface area contributed by atoms with Gasteiger partial charge in [0.2, 0.25) is 5.70 Å². The molecule has 0 aliphatic carbocycles. The standard InChI is InChI=1S/C11H11Cl2NO2/c1-7(2)11(14(15)16)5-8-3-4-9(12)6-10(8)13/h3-7H,1-2H3/b11-5-. The Kier molecular flexibility index (Phi) is 4.33. The molecule has 1 aromatic rings. The van der Waals surface area contributed by atoms with E-state index in [2.05, 4.69) is 0 Å². The maximum Gasteiger partial charge on any atom is 0.249 e. The summed E-state index contributed by atoms with van der Waals surface area (Å²) in [6.45, 7) is 3.52. The van der Waals surface area contributed by atoms with Crippen LogP contribution in [0, 0.1) is 16.0 Å². The third-order valence-electron chi connectivity index (χ3n) is 2.07. The van der Waals surface area contributed by atoms with Gasteiger partial charge >= 0.3 is 0 Å². The normalized spacial score (nSPS) is 11.9. The Morgan fingerprint density at radius 1 is 1.44 bits per heavy atom. The monoisotopic (exact) mass is 259 g/mol. The lowest BCUT2D eigenvalue weighted by atomic mass is 10.1. The van der Waals surface area contributed by atoms with Crippen molar-refractivity contribution in [3.8, 4) is 0 Å². The van der Waals surface area contributed by atoms with Crippen molar-refractivity contribution in [1.29, 1.82) is 0 Å². The molecule has 0 aliphatic heterocycles. The van der Waals surface area contributed by atoms with Gasteiger partial charge in [0, 0.05) is 22.0 Å². The first-order valence-electron chi connectivity index (χ1n) is 4.73. The Bertz CT molecular complexity index is 442. The van der Waals surface area contributed by atoms with E-state index in [0.29, 0.717) is 15.6 Å². The Morgan fingerprint density at radius 2 is 2.06 bits per heavy atom. The zero-order valence-corrected chi connectivity index (χ0v) is 10.4. The van der Waals surface area contributed by atoms with Gasteiger partial charge in [-0.2, -0.15) is 0 Å². The van der Waals surface area contributed by atoms with Crippen LogP contribution in [0.3, 0.4) is 0 Å². The third kappa shape index (κ3) is 3.22. The van der Waals surface area contributed by atoms with Crippen LogP contribution in [0.1, 0.15) is 19.4 Å². The van der Waals surface area contributed by atoms with E-state index in [0.717, 1.165) is 0 Å². The van der Waals surface area contributed by atoms with Gasteiger partial charge in [-0.15, -0.1) is 0 Å². The van der Waals surface area contributed by atoms with Gasteiger partial charge in [-0.3, -0.25) is 10.1 Å². The largest absolute Gasteiger partial charge is 0.259 e. The lowest BCUT2D eigenvalue weighted by Gasteiger charge is -2.03. The molecule has 0 heterocycles. The molecule has 0 radical (unpaired) electrons. The number of hydrogen-bond acceptors (Lipinski definition) is 2. The van der Waals surface area contributed by atoms with Gasteiger partial charge in [0.25, 0.3) is 0 Å². The zero-order chi connectivity index (χ0) is 12.3. The first-order chi connectivity index (χ1) is 7.41. The summed E-state index contributed by atoms with van der Waals surface area (Å²) in [5.74, 6) is -0.165. The fraction of sp³-hybridized carbons (Fsp3) is 0.273. The maximum absolute atomic E-state index is 10.8. The molecule has 3 nitrogen and oxygen atoms in total. The molecule has 1 aromatic carbocycles. The SMILES string of the molecule is CC(C)/C(=C/c1ccc(Cl)cc1Cl)[N+](=O)[O-]. The van der Waals surface area contributed by atoms with Gasteiger partial charge in [-0.05, 0) is 17.7 Å². The third-order valence-corrected chi connectivity index (χ3v) is 2.63. The molecule has 0 atom stereocenters. The molecule has 16 heavy (non-hydrogen) atoms. The minimum Gasteiger partial charge on any atom is -0.259 e. The Labute approximate surface area is 104 Å². The Hall–Kier alpha value is -1.06. The molecular weight excluding hydrogens is 249 g/mol. The molecule has 0 aliphatic rings. The highest BCUT2D eigenvalue weighted by Crippen LogP contribution is 2.24. The summed E-state index contributed by atoms with van der Waals surface area (Å²) in [6, 6.07) is 4.88. The van der Waals surface area contributed by atoms with Crippen LogP contribution in [0.2, 0.25) is 10.0 Å². The van der Waals surface area contributed by atoms with Gasteiger partial charge in [-0.25, -0.2) is 0 Å². The predicted octanol–water partition coefficient (Wildman–Crippen LogP) is 4.27. The van der Waals surface area contributed by atoms with E-state index in [1.54, 1.807) is 32.0 Å². The van der Waals surface area contributed by atoms with E-state index in [-0.39, 0.29) is 11.6 Å². The number of halogens is 2. The van der Waals surface area contributed by atoms with Crippen LogP contribution in [0.4, 0.5) is 0 Å². The number of nitrogens with zero attached hydrogens (tertiary/aromatic N) is 1. The summed E-state index contributed by atoms with van der Waals surface area (Å²) in [5.41, 5.74) is 0.732. The summed E-state index contributed by atoms with van der Waals surface area (Å²) in [6.07, 6.45) is 1.48. The molecule has 0 saturated carbocycles. The molecule has 0 aromatic heterocycles. The van der Waals surface area contributed by atoms with Gasteiger partial charge in [-0.1, -0.05) is 43.1 Å². The van der Waals surface area contributed by atoms with Gasteiger partial charge in [0.1, 0.15) is 0 Å². The van der Waals surface area contributed by atoms with Crippen LogP contribution in [0.25, 0.3) is 6.08 Å². The average molecular weight is 260 g/mol. The highest BCUT2D eigenvalue weighted by Gasteiger charge is 2.16. The molecule has 5 heteroatoms. The van der Waals surface area contributed by atoms with Crippen molar-refractivity contribution in [2.24, 2.45) is 5.92 Å². The van der Waals surface area contributed by atoms with Gasteiger partial charge in [0.15, 0.2) is 0 Å². The van der Waals surface area contributed by atoms with Crippen molar-refractivity contribution in [3.63, 3.8) is 0 Å². The fourth-order valence-corrected chi connectivity index (χ4v) is 1.67. The number of hydrogen-bond donors (Lipinski definition) is 0. The zero-order valence-electron chi connectivity index (χ0n) is 8.91. The molecule has 0 amide bonds. The number of nitro groups is 1. The summed E-state index contributed by atoms with van der Waals surface area (Å²) in [5, 5.41) is 11.7. The van der Waals surface area contributed by atoms with Gasteiger partial charge < -0.3 is 0 Å². The average Bonchev–Trinajstić information content (AvgIpc) is 2.15. The van der Waals surface area contributed by atoms with Crippen LogP contribution in [0.15, 0.2) is 23.9 Å². The van der Waals surface area contributed by atoms with Crippen LogP contribution in [-0.2, 0) is 0 Å². The Morgan fingerprint density at radius 3 is 2.50 bits per heavy atom. The first-order valence-corrected chi connectivity index (χ1v) is 5.48. The number of allylic oxidation sites excluding steroid dienone is 1. The molecule has 86 valence electrons. The molecular formula is C11H11Cl2NO2. The van der Waals surface area contributed by atoms with E-state index in [1.165, 1.54) is 6.08 Å². The summed E-state index contributed by atoms with van der Waals surface area (Å²) < 4.78 is 0. The van der Waals surface area contributed by atoms with Crippen molar-refractivity contribution in [2.45, 2.75) is 13.8 Å². The molecule has 1 rings (SSSR count). The fourth-order valence-electron chi connectivity index (χ4n) is 1.21. The lowest BCUT2D eigenvalue weighted by molar-refractivity contribution is -0.431. The summed E-state index contributed by atoms with van der Waals surface area (Å²) >= 11 is 11.7. The van der Waals surface area contributed by atoms with Crippen molar-refractivity contribution in [2.75, 3.05) is 0 Å². The minimum atomic E-state index is -0.393. The van der Waals surface area contributed by atoms with E-state index >= 15 is 0 Å². The van der Waals surface area contributed by atoms with Crippen LogP contribution >= 0.6 is 23.2 Å². The van der Waals surface area contributed by atoms with Crippen molar-refractivity contribution >= 4 is 29.3 Å². The smallest absolute Gasteiger partial charge is 0.249 e. The van der Waals surface area contributed by atoms with Crippen molar-refractivity contribution in [3.05, 3.63) is 49.6 Å². The molecule has 0 fully saturated rings. The second kappa shape index (κ2) is 5.32. The highest BCUT2D eigenvalue weighted by molar-refractivity contribution is 6.35. The van der Waals surface area contributed by atoms with Crippen molar-refractivity contribution < 1.29 is 4.92 Å². The highest BCUT2D eigenvalue weighted by atomic mass is 35.5. The molecule has 0 unspecified atom stereocenters. The maximum atomic E-state index is 10.8. The number of benzene rings is 1. The minimum absolute atomic E-state index is 0.129. The summed E-state index contributed by atoms with van der Waals surface area (Å²) in [4.78, 5) is 10.4. The van der Waals surface area contributed by atoms with E-state index in [4.69, 9.17) is 23.2 Å².